The highest BCUT2D eigenvalue weighted by Gasteiger charge is 1.98. The van der Waals surface area contributed by atoms with Crippen molar-refractivity contribution in [3.8, 4) is 0 Å². The van der Waals surface area contributed by atoms with Gasteiger partial charge in [0.1, 0.15) is 0 Å². The van der Waals surface area contributed by atoms with Gasteiger partial charge in [0.05, 0.1) is 5.69 Å². The molecule has 0 aliphatic rings. The summed E-state index contributed by atoms with van der Waals surface area (Å²) < 4.78 is 1.48. The van der Waals surface area contributed by atoms with E-state index >= 15 is 0 Å². The summed E-state index contributed by atoms with van der Waals surface area (Å²) in [5.74, 6) is 0. The predicted molar refractivity (Wildman–Crippen MR) is 60.8 cm³/mol. The van der Waals surface area contributed by atoms with Crippen molar-refractivity contribution in [1.29, 1.82) is 0 Å². The third kappa shape index (κ3) is 3.83. The number of nitrogens with zero attached hydrogens (tertiary/aromatic N) is 2. The van der Waals surface area contributed by atoms with Gasteiger partial charge >= 0.3 is 0 Å². The van der Waals surface area contributed by atoms with Gasteiger partial charge in [-0.05, 0) is 26.0 Å². The summed E-state index contributed by atoms with van der Waals surface area (Å²) in [6.45, 7) is 6.45. The normalized spacial score (nSPS) is 10.5. The molecule has 0 saturated heterocycles. The zero-order valence-electron chi connectivity index (χ0n) is 9.49. The van der Waals surface area contributed by atoms with Crippen LogP contribution in [0.4, 0.5) is 0 Å². The Morgan fingerprint density at radius 1 is 1.40 bits per heavy atom. The first-order chi connectivity index (χ1) is 7.27. The van der Waals surface area contributed by atoms with E-state index in [1.807, 2.05) is 6.92 Å². The Morgan fingerprint density at radius 2 is 2.20 bits per heavy atom. The van der Waals surface area contributed by atoms with Crippen LogP contribution >= 0.6 is 0 Å². The van der Waals surface area contributed by atoms with E-state index in [9.17, 15) is 4.79 Å². The average Bonchev–Trinajstić information content (AvgIpc) is 2.26. The maximum Gasteiger partial charge on any atom is 0.266 e. The molecule has 0 aliphatic carbocycles. The van der Waals surface area contributed by atoms with Crippen LogP contribution < -0.4 is 10.9 Å². The molecule has 0 bridgehead atoms. The van der Waals surface area contributed by atoms with Crippen LogP contribution in [0.2, 0.25) is 0 Å². The van der Waals surface area contributed by atoms with Crippen molar-refractivity contribution in [3.63, 3.8) is 0 Å². The fourth-order valence-corrected chi connectivity index (χ4v) is 1.33. The van der Waals surface area contributed by atoms with Gasteiger partial charge in [0.15, 0.2) is 0 Å². The lowest BCUT2D eigenvalue weighted by molar-refractivity contribution is 0.570. The van der Waals surface area contributed by atoms with Crippen LogP contribution in [0.3, 0.4) is 0 Å². The summed E-state index contributed by atoms with van der Waals surface area (Å²) in [6.07, 6.45) is 2.36. The molecule has 0 saturated carbocycles. The van der Waals surface area contributed by atoms with E-state index in [0.29, 0.717) is 6.54 Å². The maximum atomic E-state index is 11.3. The lowest BCUT2D eigenvalue weighted by Crippen LogP contribution is -2.24. The highest BCUT2D eigenvalue weighted by atomic mass is 16.1. The van der Waals surface area contributed by atoms with Gasteiger partial charge in [-0.3, -0.25) is 4.79 Å². The van der Waals surface area contributed by atoms with Crippen LogP contribution in [0.5, 0.6) is 0 Å². The van der Waals surface area contributed by atoms with Crippen LogP contribution in [0, 0.1) is 0 Å². The Hall–Kier alpha value is -1.16. The second-order valence-electron chi connectivity index (χ2n) is 3.51. The smallest absolute Gasteiger partial charge is 0.266 e. The van der Waals surface area contributed by atoms with Gasteiger partial charge in [-0.2, -0.15) is 5.10 Å². The summed E-state index contributed by atoms with van der Waals surface area (Å²) in [5.41, 5.74) is 0.891. The highest BCUT2D eigenvalue weighted by Crippen LogP contribution is 1.91. The third-order valence-electron chi connectivity index (χ3n) is 2.23. The second kappa shape index (κ2) is 6.35. The number of aryl methyl sites for hydroxylation is 1. The van der Waals surface area contributed by atoms with E-state index in [0.717, 1.165) is 18.8 Å². The molecule has 0 atom stereocenters. The molecular formula is C11H19N3O. The van der Waals surface area contributed by atoms with Gasteiger partial charge in [0.2, 0.25) is 0 Å². The Bertz CT molecular complexity index is 346. The van der Waals surface area contributed by atoms with Crippen LogP contribution in [-0.4, -0.2) is 16.3 Å². The van der Waals surface area contributed by atoms with Gasteiger partial charge < -0.3 is 5.32 Å². The van der Waals surface area contributed by atoms with E-state index in [2.05, 4.69) is 17.3 Å². The Balaban J connectivity index is 2.51. The predicted octanol–water partition coefficient (Wildman–Crippen LogP) is 1.15. The minimum absolute atomic E-state index is 0.0326. The summed E-state index contributed by atoms with van der Waals surface area (Å²) in [7, 11) is 0. The number of rotatable bonds is 6. The van der Waals surface area contributed by atoms with Crippen LogP contribution in [0.15, 0.2) is 16.9 Å². The molecule has 0 radical (unpaired) electrons. The topological polar surface area (TPSA) is 46.9 Å². The molecule has 1 aromatic rings. The number of unbranched alkanes of at least 4 members (excludes halogenated alkanes) is 1. The summed E-state index contributed by atoms with van der Waals surface area (Å²) in [5, 5.41) is 7.53. The van der Waals surface area contributed by atoms with Crippen LogP contribution in [0.25, 0.3) is 0 Å². The minimum atomic E-state index is -0.0326. The lowest BCUT2D eigenvalue weighted by atomic mass is 10.3. The van der Waals surface area contributed by atoms with Gasteiger partial charge in [-0.25, -0.2) is 4.68 Å². The standard InChI is InChI=1S/C11H19N3O/c1-3-5-8-12-9-10-6-7-11(15)14(4-2)13-10/h6-7,12H,3-5,8-9H2,1-2H3. The molecule has 0 spiro atoms. The first-order valence-electron chi connectivity index (χ1n) is 5.55. The van der Waals surface area contributed by atoms with Crippen molar-refractivity contribution in [2.24, 2.45) is 0 Å². The molecule has 0 aromatic carbocycles. The molecule has 0 amide bonds. The van der Waals surface area contributed by atoms with Crippen molar-refractivity contribution in [1.82, 2.24) is 15.1 Å². The summed E-state index contributed by atoms with van der Waals surface area (Å²) in [6, 6.07) is 3.36. The molecule has 15 heavy (non-hydrogen) atoms. The fraction of sp³-hybridized carbons (Fsp3) is 0.636. The number of hydrogen-bond acceptors (Lipinski definition) is 3. The van der Waals surface area contributed by atoms with Crippen LogP contribution in [-0.2, 0) is 13.1 Å². The molecule has 4 nitrogen and oxygen atoms in total. The number of nitrogens with one attached hydrogen (secondary N) is 1. The van der Waals surface area contributed by atoms with Gasteiger partial charge in [-0.1, -0.05) is 13.3 Å². The van der Waals surface area contributed by atoms with Gasteiger partial charge in [-0.15, -0.1) is 0 Å². The monoisotopic (exact) mass is 209 g/mol. The molecule has 1 N–H and O–H groups in total. The zero-order chi connectivity index (χ0) is 11.1. The SMILES string of the molecule is CCCCNCc1ccc(=O)n(CC)n1. The van der Waals surface area contributed by atoms with E-state index in [1.165, 1.54) is 17.5 Å². The highest BCUT2D eigenvalue weighted by molar-refractivity contribution is 4.99. The zero-order valence-corrected chi connectivity index (χ0v) is 9.49. The molecule has 84 valence electrons. The molecule has 1 heterocycles. The van der Waals surface area contributed by atoms with Crippen LogP contribution in [0.1, 0.15) is 32.4 Å². The quantitative estimate of drug-likeness (QED) is 0.715. The van der Waals surface area contributed by atoms with Crippen molar-refractivity contribution in [3.05, 3.63) is 28.2 Å². The van der Waals surface area contributed by atoms with Gasteiger partial charge in [0, 0.05) is 19.2 Å². The Morgan fingerprint density at radius 3 is 2.87 bits per heavy atom. The van der Waals surface area contributed by atoms with Crippen molar-refractivity contribution in [2.45, 2.75) is 39.8 Å². The fourth-order valence-electron chi connectivity index (χ4n) is 1.33. The van der Waals surface area contributed by atoms with Crippen molar-refractivity contribution >= 4 is 0 Å². The minimum Gasteiger partial charge on any atom is -0.311 e. The van der Waals surface area contributed by atoms with E-state index in [-0.39, 0.29) is 5.56 Å². The van der Waals surface area contributed by atoms with E-state index < -0.39 is 0 Å². The molecule has 0 aliphatic heterocycles. The second-order valence-corrected chi connectivity index (χ2v) is 3.51. The molecule has 1 aromatic heterocycles. The van der Waals surface area contributed by atoms with Crippen molar-refractivity contribution in [2.75, 3.05) is 6.54 Å². The summed E-state index contributed by atoms with van der Waals surface area (Å²) >= 11 is 0. The summed E-state index contributed by atoms with van der Waals surface area (Å²) in [4.78, 5) is 11.3. The Kier molecular flexibility index (Phi) is 5.04. The first kappa shape index (κ1) is 11.9. The Labute approximate surface area is 90.3 Å². The van der Waals surface area contributed by atoms with E-state index in [1.54, 1.807) is 12.1 Å². The molecule has 1 rings (SSSR count). The molecule has 0 fully saturated rings. The lowest BCUT2D eigenvalue weighted by Gasteiger charge is -2.05. The van der Waals surface area contributed by atoms with Crippen molar-refractivity contribution < 1.29 is 0 Å². The van der Waals surface area contributed by atoms with Gasteiger partial charge in [0.25, 0.3) is 5.56 Å². The number of hydrogen-bond donors (Lipinski definition) is 1. The molecule has 4 heteroatoms. The third-order valence-corrected chi connectivity index (χ3v) is 2.23. The largest absolute Gasteiger partial charge is 0.311 e. The first-order valence-corrected chi connectivity index (χ1v) is 5.55. The molecular weight excluding hydrogens is 190 g/mol. The number of aromatic nitrogens is 2. The average molecular weight is 209 g/mol. The van der Waals surface area contributed by atoms with E-state index in [4.69, 9.17) is 0 Å². The molecule has 0 unspecified atom stereocenters. The maximum absolute atomic E-state index is 11.3.